The fourth-order valence-corrected chi connectivity index (χ4v) is 3.67. The number of aryl methyl sites for hydroxylation is 1. The Morgan fingerprint density at radius 2 is 1.74 bits per heavy atom. The highest BCUT2D eigenvalue weighted by Crippen LogP contribution is 2.25. The first kappa shape index (κ1) is 19.7. The summed E-state index contributed by atoms with van der Waals surface area (Å²) in [6.07, 6.45) is 0.297. The highest BCUT2D eigenvalue weighted by molar-refractivity contribution is 5.94. The van der Waals surface area contributed by atoms with Crippen LogP contribution >= 0.6 is 0 Å². The number of rotatable bonds is 2. The van der Waals surface area contributed by atoms with Gasteiger partial charge in [0.25, 0.3) is 5.91 Å². The molecule has 0 radical (unpaired) electrons. The normalized spacial score (nSPS) is 18.4. The summed E-state index contributed by atoms with van der Waals surface area (Å²) in [5.41, 5.74) is 1.83. The molecule has 0 aliphatic carbocycles. The molecule has 0 saturated carbocycles. The molecule has 0 atom stereocenters. The van der Waals surface area contributed by atoms with Gasteiger partial charge in [-0.25, -0.2) is 4.79 Å². The number of fused-ring (bicyclic) bond motifs is 1. The van der Waals surface area contributed by atoms with Crippen LogP contribution < -0.4 is 0 Å². The lowest BCUT2D eigenvalue weighted by Gasteiger charge is -2.34. The number of likely N-dealkylation sites (N-methyl/N-ethyl adjacent to an activating group) is 1. The maximum Gasteiger partial charge on any atom is 0.410 e. The monoisotopic (exact) mass is 377 g/mol. The minimum atomic E-state index is -0.538. The Bertz CT molecular complexity index is 714. The zero-order valence-corrected chi connectivity index (χ0v) is 17.1. The molecule has 0 aromatic carbocycles. The second-order valence-corrected chi connectivity index (χ2v) is 8.28. The number of amides is 2. The third-order valence-electron chi connectivity index (χ3n) is 5.16. The lowest BCUT2D eigenvalue weighted by molar-refractivity contribution is 0.0221. The van der Waals surface area contributed by atoms with E-state index in [2.05, 4.69) is 16.9 Å². The first-order valence-electron chi connectivity index (χ1n) is 9.74. The van der Waals surface area contributed by atoms with Crippen LogP contribution in [0.2, 0.25) is 0 Å². The summed E-state index contributed by atoms with van der Waals surface area (Å²) in [5, 5.41) is 4.55. The highest BCUT2D eigenvalue weighted by atomic mass is 16.6. The molecule has 0 N–H and O–H groups in total. The van der Waals surface area contributed by atoms with Gasteiger partial charge in [-0.1, -0.05) is 6.92 Å². The maximum absolute atomic E-state index is 13.2. The highest BCUT2D eigenvalue weighted by Gasteiger charge is 2.33. The van der Waals surface area contributed by atoms with E-state index < -0.39 is 5.60 Å². The average Bonchev–Trinajstić information content (AvgIpc) is 2.94. The van der Waals surface area contributed by atoms with Gasteiger partial charge >= 0.3 is 6.09 Å². The molecule has 3 rings (SSSR count). The van der Waals surface area contributed by atoms with E-state index in [0.717, 1.165) is 44.0 Å². The summed E-state index contributed by atoms with van der Waals surface area (Å²) in [4.78, 5) is 31.5. The second kappa shape index (κ2) is 7.50. The van der Waals surface area contributed by atoms with Crippen LogP contribution in [-0.2, 0) is 24.8 Å². The van der Waals surface area contributed by atoms with Gasteiger partial charge in [-0.2, -0.15) is 5.10 Å². The van der Waals surface area contributed by atoms with Gasteiger partial charge in [0, 0.05) is 51.8 Å². The van der Waals surface area contributed by atoms with Crippen molar-refractivity contribution in [2.45, 2.75) is 46.3 Å². The predicted molar refractivity (Wildman–Crippen MR) is 102 cm³/mol. The smallest absolute Gasteiger partial charge is 0.410 e. The van der Waals surface area contributed by atoms with Gasteiger partial charge in [0.1, 0.15) is 11.3 Å². The van der Waals surface area contributed by atoms with Crippen molar-refractivity contribution in [3.05, 3.63) is 17.0 Å². The molecule has 0 unspecified atom stereocenters. The zero-order chi connectivity index (χ0) is 19.8. The van der Waals surface area contributed by atoms with E-state index >= 15 is 0 Å². The molecule has 0 bridgehead atoms. The molecule has 0 spiro atoms. The summed E-state index contributed by atoms with van der Waals surface area (Å²) in [6.45, 7) is 12.9. The van der Waals surface area contributed by atoms with E-state index in [4.69, 9.17) is 4.74 Å². The number of hydrogen-bond donors (Lipinski definition) is 0. The van der Waals surface area contributed by atoms with Gasteiger partial charge in [-0.15, -0.1) is 0 Å². The largest absolute Gasteiger partial charge is 0.444 e. The SMILES string of the molecule is CCN1CCN(C(=O)c2c3c(nn2C)CCN(C(=O)OC(C)(C)C)C3)CC1. The van der Waals surface area contributed by atoms with Gasteiger partial charge in [-0.05, 0) is 27.3 Å². The lowest BCUT2D eigenvalue weighted by atomic mass is 10.0. The van der Waals surface area contributed by atoms with E-state index in [1.165, 1.54) is 0 Å². The standard InChI is InChI=1S/C19H31N5O3/c1-6-22-9-11-23(12-10-22)17(25)16-14-13-24(18(26)27-19(2,3)4)8-7-15(14)20-21(16)5/h6-13H2,1-5H3. The van der Waals surface area contributed by atoms with E-state index in [-0.39, 0.29) is 12.0 Å². The Balaban J connectivity index is 1.77. The van der Waals surface area contributed by atoms with Crippen molar-refractivity contribution < 1.29 is 14.3 Å². The predicted octanol–water partition coefficient (Wildman–Crippen LogP) is 1.49. The second-order valence-electron chi connectivity index (χ2n) is 8.28. The van der Waals surface area contributed by atoms with Crippen molar-refractivity contribution in [3.8, 4) is 0 Å². The summed E-state index contributed by atoms with van der Waals surface area (Å²) < 4.78 is 7.18. The Morgan fingerprint density at radius 3 is 2.33 bits per heavy atom. The van der Waals surface area contributed by atoms with Crippen LogP contribution in [0, 0.1) is 0 Å². The van der Waals surface area contributed by atoms with E-state index in [1.54, 1.807) is 9.58 Å². The molecular weight excluding hydrogens is 346 g/mol. The molecule has 1 aromatic heterocycles. The van der Waals surface area contributed by atoms with Crippen LogP contribution in [0.25, 0.3) is 0 Å². The topological polar surface area (TPSA) is 70.9 Å². The van der Waals surface area contributed by atoms with Crippen molar-refractivity contribution in [2.24, 2.45) is 7.05 Å². The molecule has 1 saturated heterocycles. The van der Waals surface area contributed by atoms with Crippen LogP contribution in [0.1, 0.15) is 49.4 Å². The van der Waals surface area contributed by atoms with E-state index in [0.29, 0.717) is 25.2 Å². The van der Waals surface area contributed by atoms with E-state index in [9.17, 15) is 9.59 Å². The number of aromatic nitrogens is 2. The molecule has 27 heavy (non-hydrogen) atoms. The number of carbonyl (C=O) groups is 2. The quantitative estimate of drug-likeness (QED) is 0.781. The lowest BCUT2D eigenvalue weighted by Crippen LogP contribution is -2.49. The van der Waals surface area contributed by atoms with Crippen molar-refractivity contribution in [2.75, 3.05) is 39.3 Å². The summed E-state index contributed by atoms with van der Waals surface area (Å²) in [7, 11) is 1.81. The van der Waals surface area contributed by atoms with Gasteiger partial charge in [0.05, 0.1) is 12.2 Å². The fourth-order valence-electron chi connectivity index (χ4n) is 3.67. The van der Waals surface area contributed by atoms with Crippen LogP contribution in [0.3, 0.4) is 0 Å². The molecule has 1 fully saturated rings. The molecule has 1 aromatic rings. The van der Waals surface area contributed by atoms with Gasteiger partial charge in [0.2, 0.25) is 0 Å². The van der Waals surface area contributed by atoms with Crippen molar-refractivity contribution in [3.63, 3.8) is 0 Å². The van der Waals surface area contributed by atoms with Crippen molar-refractivity contribution >= 4 is 12.0 Å². The molecule has 2 amide bonds. The van der Waals surface area contributed by atoms with Gasteiger partial charge < -0.3 is 19.4 Å². The van der Waals surface area contributed by atoms with Crippen LogP contribution in [0.5, 0.6) is 0 Å². The van der Waals surface area contributed by atoms with Crippen LogP contribution in [-0.4, -0.2) is 81.4 Å². The molecule has 8 nitrogen and oxygen atoms in total. The number of hydrogen-bond acceptors (Lipinski definition) is 5. The fraction of sp³-hybridized carbons (Fsp3) is 0.737. The molecular formula is C19H31N5O3. The number of nitrogens with zero attached hydrogens (tertiary/aromatic N) is 5. The number of piperazine rings is 1. The molecule has 2 aliphatic heterocycles. The Hall–Kier alpha value is -2.09. The van der Waals surface area contributed by atoms with Gasteiger partial charge in [0.15, 0.2) is 0 Å². The minimum absolute atomic E-state index is 0.00745. The number of carbonyl (C=O) groups excluding carboxylic acids is 2. The molecule has 8 heteroatoms. The third-order valence-corrected chi connectivity index (χ3v) is 5.16. The molecule has 3 heterocycles. The Labute approximate surface area is 161 Å². The first-order chi connectivity index (χ1) is 12.7. The average molecular weight is 377 g/mol. The van der Waals surface area contributed by atoms with Crippen LogP contribution in [0.4, 0.5) is 4.79 Å². The summed E-state index contributed by atoms with van der Waals surface area (Å²) >= 11 is 0. The Kier molecular flexibility index (Phi) is 5.46. The molecule has 2 aliphatic rings. The van der Waals surface area contributed by atoms with Crippen molar-refractivity contribution in [1.82, 2.24) is 24.5 Å². The van der Waals surface area contributed by atoms with Gasteiger partial charge in [-0.3, -0.25) is 9.48 Å². The van der Waals surface area contributed by atoms with Crippen LogP contribution in [0.15, 0.2) is 0 Å². The number of ether oxygens (including phenoxy) is 1. The Morgan fingerprint density at radius 1 is 1.07 bits per heavy atom. The first-order valence-corrected chi connectivity index (χ1v) is 9.74. The summed E-state index contributed by atoms with van der Waals surface area (Å²) in [6, 6.07) is 0. The maximum atomic E-state index is 13.2. The molecule has 150 valence electrons. The van der Waals surface area contributed by atoms with Crippen molar-refractivity contribution in [1.29, 1.82) is 0 Å². The minimum Gasteiger partial charge on any atom is -0.444 e. The third kappa shape index (κ3) is 4.26. The summed E-state index contributed by atoms with van der Waals surface area (Å²) in [5.74, 6) is 0.00745. The zero-order valence-electron chi connectivity index (χ0n) is 17.1. The van der Waals surface area contributed by atoms with E-state index in [1.807, 2.05) is 32.7 Å².